The molecule has 0 spiro atoms. The highest BCUT2D eigenvalue weighted by Gasteiger charge is 2.08. The van der Waals surface area contributed by atoms with E-state index in [1.165, 1.54) is 6.07 Å². The fraction of sp³-hybridized carbons (Fsp3) is 0.308. The van der Waals surface area contributed by atoms with Crippen LogP contribution in [0.3, 0.4) is 0 Å². The molecule has 1 atom stereocenters. The van der Waals surface area contributed by atoms with Gasteiger partial charge in [-0.2, -0.15) is 0 Å². The zero-order chi connectivity index (χ0) is 12.4. The van der Waals surface area contributed by atoms with Crippen LogP contribution in [0.5, 0.6) is 0 Å². The number of rotatable bonds is 3. The Morgan fingerprint density at radius 3 is 2.76 bits per heavy atom. The summed E-state index contributed by atoms with van der Waals surface area (Å²) in [4.78, 5) is 4.21. The van der Waals surface area contributed by atoms with Crippen LogP contribution >= 0.6 is 0 Å². The van der Waals surface area contributed by atoms with Gasteiger partial charge in [0.15, 0.2) is 5.82 Å². The van der Waals surface area contributed by atoms with E-state index in [2.05, 4.69) is 4.98 Å². The lowest BCUT2D eigenvalue weighted by molar-refractivity contribution is 0.579. The van der Waals surface area contributed by atoms with Gasteiger partial charge in [-0.3, -0.25) is 0 Å². The monoisotopic (exact) mass is 236 g/mol. The van der Waals surface area contributed by atoms with Gasteiger partial charge in [0.1, 0.15) is 11.3 Å². The first-order valence-corrected chi connectivity index (χ1v) is 5.55. The predicted octanol–water partition coefficient (Wildman–Crippen LogP) is 2.65. The van der Waals surface area contributed by atoms with Crippen molar-refractivity contribution in [1.29, 1.82) is 0 Å². The molecule has 0 amide bonds. The van der Waals surface area contributed by atoms with Gasteiger partial charge in [-0.05, 0) is 31.0 Å². The molecule has 0 aliphatic heterocycles. The second kappa shape index (κ2) is 4.75. The van der Waals surface area contributed by atoms with Crippen molar-refractivity contribution in [3.05, 3.63) is 41.6 Å². The molecule has 90 valence electrons. The molecule has 0 saturated carbocycles. The Labute approximate surface area is 98.5 Å². The first kappa shape index (κ1) is 11.9. The number of halogens is 2. The molecule has 2 rings (SSSR count). The Balaban J connectivity index is 2.43. The van der Waals surface area contributed by atoms with Crippen molar-refractivity contribution >= 4 is 10.9 Å². The highest BCUT2D eigenvalue weighted by Crippen LogP contribution is 2.19. The van der Waals surface area contributed by atoms with Crippen molar-refractivity contribution in [2.75, 3.05) is 6.54 Å². The van der Waals surface area contributed by atoms with Gasteiger partial charge in [-0.15, -0.1) is 0 Å². The van der Waals surface area contributed by atoms with Crippen molar-refractivity contribution in [2.45, 2.75) is 13.3 Å². The molecule has 0 fully saturated rings. The van der Waals surface area contributed by atoms with Crippen molar-refractivity contribution in [1.82, 2.24) is 4.98 Å². The second-order valence-electron chi connectivity index (χ2n) is 4.31. The Bertz CT molecular complexity index is 540. The molecule has 1 aromatic carbocycles. The zero-order valence-corrected chi connectivity index (χ0v) is 9.58. The van der Waals surface area contributed by atoms with Gasteiger partial charge in [-0.25, -0.2) is 13.8 Å². The predicted molar refractivity (Wildman–Crippen MR) is 63.6 cm³/mol. The van der Waals surface area contributed by atoms with Crippen molar-refractivity contribution < 1.29 is 8.78 Å². The lowest BCUT2D eigenvalue weighted by Crippen LogP contribution is -2.13. The molecule has 0 saturated heterocycles. The van der Waals surface area contributed by atoms with Crippen LogP contribution in [0.2, 0.25) is 0 Å². The summed E-state index contributed by atoms with van der Waals surface area (Å²) in [5.74, 6) is -0.911. The van der Waals surface area contributed by atoms with Crippen molar-refractivity contribution in [3.63, 3.8) is 0 Å². The lowest BCUT2D eigenvalue weighted by atomic mass is 10.0. The van der Waals surface area contributed by atoms with E-state index < -0.39 is 11.6 Å². The van der Waals surface area contributed by atoms with E-state index in [9.17, 15) is 8.78 Å². The number of nitrogens with zero attached hydrogens (tertiary/aromatic N) is 1. The van der Waals surface area contributed by atoms with Crippen LogP contribution in [0.1, 0.15) is 12.6 Å². The van der Waals surface area contributed by atoms with Gasteiger partial charge >= 0.3 is 0 Å². The highest BCUT2D eigenvalue weighted by molar-refractivity contribution is 5.79. The number of benzene rings is 1. The molecule has 1 heterocycles. The van der Waals surface area contributed by atoms with Gasteiger partial charge < -0.3 is 5.73 Å². The van der Waals surface area contributed by atoms with Gasteiger partial charge in [0, 0.05) is 17.1 Å². The lowest BCUT2D eigenvalue weighted by Gasteiger charge is -2.08. The van der Waals surface area contributed by atoms with E-state index in [0.29, 0.717) is 24.3 Å². The molecule has 0 aliphatic carbocycles. The molecule has 2 aromatic rings. The van der Waals surface area contributed by atoms with Gasteiger partial charge in [-0.1, -0.05) is 13.0 Å². The summed E-state index contributed by atoms with van der Waals surface area (Å²) < 4.78 is 26.5. The minimum Gasteiger partial charge on any atom is -0.330 e. The molecule has 17 heavy (non-hydrogen) atoms. The average Bonchev–Trinajstić information content (AvgIpc) is 2.29. The topological polar surface area (TPSA) is 38.9 Å². The SMILES string of the molecule is CC(CN)Cc1ccc2cc(F)cc(F)c2n1. The van der Waals surface area contributed by atoms with E-state index in [1.54, 1.807) is 12.1 Å². The van der Waals surface area contributed by atoms with Crippen LogP contribution in [0, 0.1) is 17.6 Å². The maximum Gasteiger partial charge on any atom is 0.152 e. The fourth-order valence-corrected chi connectivity index (χ4v) is 1.75. The fourth-order valence-electron chi connectivity index (χ4n) is 1.75. The van der Waals surface area contributed by atoms with E-state index >= 15 is 0 Å². The first-order chi connectivity index (χ1) is 8.10. The normalized spacial score (nSPS) is 12.9. The number of aromatic nitrogens is 1. The van der Waals surface area contributed by atoms with Gasteiger partial charge in [0.2, 0.25) is 0 Å². The third kappa shape index (κ3) is 2.58. The van der Waals surface area contributed by atoms with E-state index in [-0.39, 0.29) is 5.52 Å². The van der Waals surface area contributed by atoms with Crippen molar-refractivity contribution in [2.24, 2.45) is 11.7 Å². The van der Waals surface area contributed by atoms with E-state index in [1.807, 2.05) is 6.92 Å². The average molecular weight is 236 g/mol. The highest BCUT2D eigenvalue weighted by atomic mass is 19.1. The smallest absolute Gasteiger partial charge is 0.152 e. The molecule has 4 heteroatoms. The summed E-state index contributed by atoms with van der Waals surface area (Å²) in [6, 6.07) is 5.60. The Morgan fingerprint density at radius 2 is 2.06 bits per heavy atom. The molecule has 2 N–H and O–H groups in total. The van der Waals surface area contributed by atoms with Gasteiger partial charge in [0.05, 0.1) is 0 Å². The second-order valence-corrected chi connectivity index (χ2v) is 4.31. The van der Waals surface area contributed by atoms with E-state index in [0.717, 1.165) is 11.8 Å². The quantitative estimate of drug-likeness (QED) is 0.889. The Hall–Kier alpha value is -1.55. The summed E-state index contributed by atoms with van der Waals surface area (Å²) in [6.07, 6.45) is 0.698. The number of hydrogen-bond acceptors (Lipinski definition) is 2. The van der Waals surface area contributed by atoms with Crippen LogP contribution in [-0.4, -0.2) is 11.5 Å². The molecule has 0 radical (unpaired) electrons. The molecular formula is C13H14F2N2. The number of hydrogen-bond donors (Lipinski definition) is 1. The molecule has 2 nitrogen and oxygen atoms in total. The third-order valence-corrected chi connectivity index (χ3v) is 2.73. The van der Waals surface area contributed by atoms with Crippen LogP contribution in [0.4, 0.5) is 8.78 Å². The minimum absolute atomic E-state index is 0.216. The van der Waals surface area contributed by atoms with Crippen molar-refractivity contribution in [3.8, 4) is 0 Å². The standard InChI is InChI=1S/C13H14F2N2/c1-8(7-16)4-11-3-2-9-5-10(14)6-12(15)13(9)17-11/h2-3,5-6,8H,4,7,16H2,1H3. The molecule has 1 aromatic heterocycles. The number of pyridine rings is 1. The van der Waals surface area contributed by atoms with Crippen LogP contribution < -0.4 is 5.73 Å². The first-order valence-electron chi connectivity index (χ1n) is 5.55. The maximum absolute atomic E-state index is 13.5. The minimum atomic E-state index is -0.623. The summed E-state index contributed by atoms with van der Waals surface area (Å²) in [7, 11) is 0. The van der Waals surface area contributed by atoms with Crippen LogP contribution in [0.25, 0.3) is 10.9 Å². The Kier molecular flexibility index (Phi) is 3.33. The largest absolute Gasteiger partial charge is 0.330 e. The van der Waals surface area contributed by atoms with Gasteiger partial charge in [0.25, 0.3) is 0 Å². The number of nitrogens with two attached hydrogens (primary N) is 1. The zero-order valence-electron chi connectivity index (χ0n) is 9.58. The molecule has 0 bridgehead atoms. The summed E-state index contributed by atoms with van der Waals surface area (Å²) in [5, 5.41) is 0.478. The molecule has 0 aliphatic rings. The number of fused-ring (bicyclic) bond motifs is 1. The Morgan fingerprint density at radius 1 is 1.29 bits per heavy atom. The summed E-state index contributed by atoms with van der Waals surface area (Å²) in [5.41, 5.74) is 6.53. The van der Waals surface area contributed by atoms with Crippen LogP contribution in [-0.2, 0) is 6.42 Å². The summed E-state index contributed by atoms with van der Waals surface area (Å²) >= 11 is 0. The van der Waals surface area contributed by atoms with Crippen LogP contribution in [0.15, 0.2) is 24.3 Å². The van der Waals surface area contributed by atoms with E-state index in [4.69, 9.17) is 5.73 Å². The third-order valence-electron chi connectivity index (χ3n) is 2.73. The summed E-state index contributed by atoms with van der Waals surface area (Å²) in [6.45, 7) is 2.57. The molecule has 1 unspecified atom stereocenters. The maximum atomic E-state index is 13.5. The molecular weight excluding hydrogens is 222 g/mol.